The van der Waals surface area contributed by atoms with Crippen molar-refractivity contribution in [2.75, 3.05) is 46.2 Å². The van der Waals surface area contributed by atoms with E-state index in [-0.39, 0.29) is 18.1 Å². The van der Waals surface area contributed by atoms with Crippen LogP contribution in [0, 0.1) is 30.6 Å². The monoisotopic (exact) mass is 584 g/mol. The van der Waals surface area contributed by atoms with Gasteiger partial charge in [0.15, 0.2) is 0 Å². The maximum atomic E-state index is 12.1. The molecule has 0 bridgehead atoms. The lowest BCUT2D eigenvalue weighted by molar-refractivity contribution is 0.00784. The van der Waals surface area contributed by atoms with Crippen molar-refractivity contribution in [1.29, 1.82) is 0 Å². The van der Waals surface area contributed by atoms with Gasteiger partial charge in [-0.1, -0.05) is 110 Å². The van der Waals surface area contributed by atoms with Gasteiger partial charge in [0.25, 0.3) is 10.1 Å². The summed E-state index contributed by atoms with van der Waals surface area (Å²) >= 11 is 0. The molecule has 0 radical (unpaired) electrons. The van der Waals surface area contributed by atoms with E-state index in [1.54, 1.807) is 24.3 Å². The Morgan fingerprint density at radius 2 is 0.950 bits per heavy atom. The molecule has 0 heterocycles. The normalized spacial score (nSPS) is 14.5. The summed E-state index contributed by atoms with van der Waals surface area (Å²) in [6.07, 6.45) is 13.4. The second kappa shape index (κ2) is 22.6. The molecule has 234 valence electrons. The summed E-state index contributed by atoms with van der Waals surface area (Å²) in [6, 6.07) is 6.58. The van der Waals surface area contributed by atoms with Crippen LogP contribution in [0.4, 0.5) is 0 Å². The average Bonchev–Trinajstić information content (AvgIpc) is 2.89. The van der Waals surface area contributed by atoms with E-state index in [1.165, 1.54) is 57.8 Å². The summed E-state index contributed by atoms with van der Waals surface area (Å²) in [5.74, 6) is 3.26. The summed E-state index contributed by atoms with van der Waals surface area (Å²) in [7, 11) is -3.74. The van der Waals surface area contributed by atoms with E-state index in [2.05, 4.69) is 34.6 Å². The van der Waals surface area contributed by atoms with E-state index < -0.39 is 10.1 Å². The topological polar surface area (TPSA) is 71.1 Å². The van der Waals surface area contributed by atoms with Gasteiger partial charge < -0.3 is 14.2 Å². The van der Waals surface area contributed by atoms with Gasteiger partial charge >= 0.3 is 0 Å². The summed E-state index contributed by atoms with van der Waals surface area (Å²) < 4.78 is 45.9. The molecule has 1 aromatic carbocycles. The molecular weight excluding hydrogens is 524 g/mol. The van der Waals surface area contributed by atoms with Crippen LogP contribution < -0.4 is 0 Å². The highest BCUT2D eigenvalue weighted by Gasteiger charge is 2.14. The predicted octanol–water partition coefficient (Wildman–Crippen LogP) is 8.22. The lowest BCUT2D eigenvalue weighted by atomic mass is 9.91. The van der Waals surface area contributed by atoms with Crippen molar-refractivity contribution in [2.45, 2.75) is 111 Å². The SMILES string of the molecule is Cc1ccc(S(=O)(=O)OCCOCCOCCOCCC(C)CCC[C@H](C)CCC[C@H](C)CCCC(C)C)cc1. The van der Waals surface area contributed by atoms with Crippen LogP contribution in [-0.4, -0.2) is 54.7 Å². The maximum Gasteiger partial charge on any atom is 0.297 e. The number of hydrogen-bond acceptors (Lipinski definition) is 6. The first-order valence-corrected chi connectivity index (χ1v) is 17.2. The predicted molar refractivity (Wildman–Crippen MR) is 165 cm³/mol. The maximum absolute atomic E-state index is 12.1. The molecule has 1 unspecified atom stereocenters. The molecule has 0 fully saturated rings. The molecule has 0 saturated heterocycles. The van der Waals surface area contributed by atoms with E-state index in [9.17, 15) is 8.42 Å². The third-order valence-electron chi connectivity index (χ3n) is 7.54. The lowest BCUT2D eigenvalue weighted by Gasteiger charge is -2.16. The molecule has 3 atom stereocenters. The number of benzene rings is 1. The fourth-order valence-electron chi connectivity index (χ4n) is 4.74. The Bertz CT molecular complexity index is 824. The van der Waals surface area contributed by atoms with Gasteiger partial charge in [0.2, 0.25) is 0 Å². The molecule has 6 nitrogen and oxygen atoms in total. The van der Waals surface area contributed by atoms with Crippen LogP contribution in [0.25, 0.3) is 0 Å². The highest BCUT2D eigenvalue weighted by Crippen LogP contribution is 2.22. The molecule has 0 aliphatic heterocycles. The number of ether oxygens (including phenoxy) is 3. The Hall–Kier alpha value is -0.990. The molecule has 40 heavy (non-hydrogen) atoms. The molecule has 1 rings (SSSR count). The smallest absolute Gasteiger partial charge is 0.297 e. The third-order valence-corrected chi connectivity index (χ3v) is 8.87. The molecule has 7 heteroatoms. The first-order chi connectivity index (χ1) is 19.1. The van der Waals surface area contributed by atoms with Crippen molar-refractivity contribution in [2.24, 2.45) is 23.7 Å². The van der Waals surface area contributed by atoms with Gasteiger partial charge in [0.1, 0.15) is 0 Å². The Morgan fingerprint density at radius 1 is 0.550 bits per heavy atom. The number of rotatable bonds is 26. The average molecular weight is 585 g/mol. The largest absolute Gasteiger partial charge is 0.379 e. The van der Waals surface area contributed by atoms with Crippen molar-refractivity contribution in [3.8, 4) is 0 Å². The quantitative estimate of drug-likeness (QED) is 0.0807. The van der Waals surface area contributed by atoms with Gasteiger partial charge in [-0.25, -0.2) is 0 Å². The Kier molecular flexibility index (Phi) is 20.9. The summed E-state index contributed by atoms with van der Waals surface area (Å²) in [5.41, 5.74) is 0.997. The van der Waals surface area contributed by atoms with Gasteiger partial charge in [-0.05, 0) is 49.1 Å². The minimum atomic E-state index is -3.74. The van der Waals surface area contributed by atoms with Crippen LogP contribution in [0.1, 0.15) is 104 Å². The zero-order chi connectivity index (χ0) is 29.6. The van der Waals surface area contributed by atoms with Crippen LogP contribution in [-0.2, 0) is 28.5 Å². The van der Waals surface area contributed by atoms with Crippen molar-refractivity contribution >= 4 is 10.1 Å². The van der Waals surface area contributed by atoms with Gasteiger partial charge in [-0.2, -0.15) is 8.42 Å². The standard InChI is InChI=1S/C33H60O6S/c1-28(2)10-7-11-29(3)12-8-13-30(4)14-9-15-31(5)20-21-36-22-23-37-24-25-38-26-27-39-40(34,35)33-18-16-32(6)17-19-33/h16-19,28-31H,7-15,20-27H2,1-6H3/t29-,30-,31?/m1/s1. The van der Waals surface area contributed by atoms with E-state index >= 15 is 0 Å². The Balaban J connectivity index is 1.89. The second-order valence-electron chi connectivity index (χ2n) is 12.2. The van der Waals surface area contributed by atoms with Crippen LogP contribution in [0.2, 0.25) is 0 Å². The van der Waals surface area contributed by atoms with Gasteiger partial charge in [-0.15, -0.1) is 0 Å². The van der Waals surface area contributed by atoms with Crippen LogP contribution >= 0.6 is 0 Å². The first-order valence-electron chi connectivity index (χ1n) is 15.8. The number of hydrogen-bond donors (Lipinski definition) is 0. The lowest BCUT2D eigenvalue weighted by Crippen LogP contribution is -2.14. The fraction of sp³-hybridized carbons (Fsp3) is 0.818. The number of aryl methyl sites for hydroxylation is 1. The zero-order valence-corrected chi connectivity index (χ0v) is 27.3. The van der Waals surface area contributed by atoms with Crippen LogP contribution in [0.15, 0.2) is 29.2 Å². The third kappa shape index (κ3) is 20.0. The molecular formula is C33H60O6S. The molecule has 0 aliphatic carbocycles. The molecule has 1 aromatic rings. The summed E-state index contributed by atoms with van der Waals surface area (Å²) in [4.78, 5) is 0.156. The fourth-order valence-corrected chi connectivity index (χ4v) is 5.63. The minimum absolute atomic E-state index is 0.0195. The zero-order valence-electron chi connectivity index (χ0n) is 26.5. The summed E-state index contributed by atoms with van der Waals surface area (Å²) in [5, 5.41) is 0. The Morgan fingerprint density at radius 3 is 1.43 bits per heavy atom. The van der Waals surface area contributed by atoms with Crippen LogP contribution in [0.5, 0.6) is 0 Å². The molecule has 0 aromatic heterocycles. The molecule has 0 spiro atoms. The molecule has 0 aliphatic rings. The van der Waals surface area contributed by atoms with Crippen molar-refractivity contribution in [3.63, 3.8) is 0 Å². The van der Waals surface area contributed by atoms with Gasteiger partial charge in [0.05, 0.1) is 44.5 Å². The van der Waals surface area contributed by atoms with E-state index in [0.717, 1.165) is 36.3 Å². The first kappa shape index (κ1) is 37.0. The van der Waals surface area contributed by atoms with Crippen molar-refractivity contribution in [1.82, 2.24) is 0 Å². The van der Waals surface area contributed by atoms with Crippen molar-refractivity contribution < 1.29 is 26.8 Å². The highest BCUT2D eigenvalue weighted by atomic mass is 32.2. The van der Waals surface area contributed by atoms with Gasteiger partial charge in [0, 0.05) is 6.61 Å². The highest BCUT2D eigenvalue weighted by molar-refractivity contribution is 7.86. The molecule has 0 amide bonds. The van der Waals surface area contributed by atoms with Gasteiger partial charge in [-0.3, -0.25) is 4.18 Å². The second-order valence-corrected chi connectivity index (χ2v) is 13.8. The van der Waals surface area contributed by atoms with E-state index in [1.807, 2.05) is 6.92 Å². The Labute approximate surface area is 247 Å². The molecule has 0 N–H and O–H groups in total. The molecule has 0 saturated carbocycles. The van der Waals surface area contributed by atoms with Crippen molar-refractivity contribution in [3.05, 3.63) is 29.8 Å². The summed E-state index contributed by atoms with van der Waals surface area (Å²) in [6.45, 7) is 16.6. The van der Waals surface area contributed by atoms with E-state index in [0.29, 0.717) is 32.3 Å². The van der Waals surface area contributed by atoms with E-state index in [4.69, 9.17) is 18.4 Å². The minimum Gasteiger partial charge on any atom is -0.379 e. The van der Waals surface area contributed by atoms with Crippen LogP contribution in [0.3, 0.4) is 0 Å².